The lowest BCUT2D eigenvalue weighted by Crippen LogP contribution is -2.25. The standard InChI is InChI=1S/C14H22N6O/c1-15-13(11-5-6-16-17-9-11)14-12(21-4)10-18-20(14)8-7-19(2)3/h5-6,9-10,13,15H,7-8H2,1-4H3. The van der Waals surface area contributed by atoms with Crippen molar-refractivity contribution in [3.8, 4) is 5.75 Å². The maximum atomic E-state index is 5.46. The van der Waals surface area contributed by atoms with Gasteiger partial charge in [0.05, 0.1) is 32.1 Å². The number of hydrogen-bond donors (Lipinski definition) is 1. The van der Waals surface area contributed by atoms with Gasteiger partial charge in [-0.05, 0) is 32.8 Å². The second-order valence-corrected chi connectivity index (χ2v) is 5.02. The molecule has 0 fully saturated rings. The largest absolute Gasteiger partial charge is 0.493 e. The van der Waals surface area contributed by atoms with E-state index in [0.29, 0.717) is 0 Å². The van der Waals surface area contributed by atoms with Crippen LogP contribution in [0.15, 0.2) is 24.7 Å². The lowest BCUT2D eigenvalue weighted by atomic mass is 10.1. The molecule has 0 aliphatic carbocycles. The zero-order chi connectivity index (χ0) is 15.2. The van der Waals surface area contributed by atoms with Crippen molar-refractivity contribution in [1.29, 1.82) is 0 Å². The third kappa shape index (κ3) is 3.56. The van der Waals surface area contributed by atoms with Crippen molar-refractivity contribution in [2.24, 2.45) is 0 Å². The maximum Gasteiger partial charge on any atom is 0.161 e. The lowest BCUT2D eigenvalue weighted by Gasteiger charge is -2.20. The molecule has 7 nitrogen and oxygen atoms in total. The van der Waals surface area contributed by atoms with Crippen molar-refractivity contribution in [1.82, 2.24) is 30.2 Å². The molecule has 0 aliphatic heterocycles. The Kier molecular flexibility index (Phi) is 5.24. The van der Waals surface area contributed by atoms with E-state index in [-0.39, 0.29) is 6.04 Å². The van der Waals surface area contributed by atoms with Crippen LogP contribution in [0.5, 0.6) is 5.75 Å². The number of likely N-dealkylation sites (N-methyl/N-ethyl adjacent to an activating group) is 1. The first-order valence-corrected chi connectivity index (χ1v) is 6.85. The van der Waals surface area contributed by atoms with Crippen molar-refractivity contribution in [3.63, 3.8) is 0 Å². The Morgan fingerprint density at radius 2 is 2.14 bits per heavy atom. The maximum absolute atomic E-state index is 5.46. The van der Waals surface area contributed by atoms with Crippen molar-refractivity contribution in [2.75, 3.05) is 34.8 Å². The Morgan fingerprint density at radius 3 is 2.71 bits per heavy atom. The molecule has 0 aromatic carbocycles. The fraction of sp³-hybridized carbons (Fsp3) is 0.500. The van der Waals surface area contributed by atoms with E-state index in [1.807, 2.05) is 31.9 Å². The number of hydrogen-bond acceptors (Lipinski definition) is 6. The molecule has 1 unspecified atom stereocenters. The van der Waals surface area contributed by atoms with E-state index in [1.165, 1.54) is 0 Å². The first-order chi connectivity index (χ1) is 10.2. The molecular weight excluding hydrogens is 268 g/mol. The minimum absolute atomic E-state index is 0.0416. The van der Waals surface area contributed by atoms with Crippen LogP contribution in [-0.4, -0.2) is 59.7 Å². The summed E-state index contributed by atoms with van der Waals surface area (Å²) in [6, 6.07) is 1.90. The Bertz CT molecular complexity index is 554. The molecule has 1 atom stereocenters. The smallest absolute Gasteiger partial charge is 0.161 e. The van der Waals surface area contributed by atoms with Gasteiger partial charge in [0.15, 0.2) is 5.75 Å². The Morgan fingerprint density at radius 1 is 1.33 bits per heavy atom. The summed E-state index contributed by atoms with van der Waals surface area (Å²) in [4.78, 5) is 2.13. The second-order valence-electron chi connectivity index (χ2n) is 5.02. The van der Waals surface area contributed by atoms with Crippen molar-refractivity contribution >= 4 is 0 Å². The van der Waals surface area contributed by atoms with Gasteiger partial charge in [-0.2, -0.15) is 15.3 Å². The Hall–Kier alpha value is -1.99. The normalized spacial score (nSPS) is 12.6. The van der Waals surface area contributed by atoms with Crippen molar-refractivity contribution in [3.05, 3.63) is 35.9 Å². The number of methoxy groups -OCH3 is 1. The first kappa shape index (κ1) is 15.4. The van der Waals surface area contributed by atoms with E-state index in [9.17, 15) is 0 Å². The SMILES string of the molecule is CNC(c1ccnnc1)c1c(OC)cnn1CCN(C)C. The predicted molar refractivity (Wildman–Crippen MR) is 80.3 cm³/mol. The van der Waals surface area contributed by atoms with Crippen LogP contribution in [0.4, 0.5) is 0 Å². The Labute approximate surface area is 124 Å². The molecule has 2 heterocycles. The van der Waals surface area contributed by atoms with E-state index in [2.05, 4.69) is 25.5 Å². The quantitative estimate of drug-likeness (QED) is 0.803. The molecule has 0 saturated heterocycles. The zero-order valence-corrected chi connectivity index (χ0v) is 12.9. The summed E-state index contributed by atoms with van der Waals surface area (Å²) >= 11 is 0. The number of nitrogens with one attached hydrogen (secondary N) is 1. The van der Waals surface area contributed by atoms with Crippen LogP contribution < -0.4 is 10.1 Å². The van der Waals surface area contributed by atoms with Crippen LogP contribution in [0.1, 0.15) is 17.3 Å². The van der Waals surface area contributed by atoms with Gasteiger partial charge in [0.1, 0.15) is 5.69 Å². The molecule has 0 bridgehead atoms. The average molecular weight is 290 g/mol. The van der Waals surface area contributed by atoms with E-state index < -0.39 is 0 Å². The molecule has 0 saturated carbocycles. The van der Waals surface area contributed by atoms with Crippen LogP contribution in [0, 0.1) is 0 Å². The number of rotatable bonds is 7. The highest BCUT2D eigenvalue weighted by atomic mass is 16.5. The predicted octanol–water partition coefficient (Wildman–Crippen LogP) is 0.552. The minimum Gasteiger partial charge on any atom is -0.493 e. The summed E-state index contributed by atoms with van der Waals surface area (Å²) in [5.74, 6) is 0.768. The highest BCUT2D eigenvalue weighted by Crippen LogP contribution is 2.29. The molecule has 2 rings (SSSR count). The summed E-state index contributed by atoms with van der Waals surface area (Å²) in [7, 11) is 7.66. The fourth-order valence-electron chi connectivity index (χ4n) is 2.23. The molecule has 7 heteroatoms. The zero-order valence-electron chi connectivity index (χ0n) is 12.9. The molecule has 21 heavy (non-hydrogen) atoms. The highest BCUT2D eigenvalue weighted by Gasteiger charge is 2.22. The van der Waals surface area contributed by atoms with Gasteiger partial charge in [-0.25, -0.2) is 0 Å². The second kappa shape index (κ2) is 7.14. The molecular formula is C14H22N6O. The Balaban J connectivity index is 2.37. The summed E-state index contributed by atoms with van der Waals surface area (Å²) in [6.45, 7) is 1.70. The van der Waals surface area contributed by atoms with Gasteiger partial charge in [0, 0.05) is 12.7 Å². The lowest BCUT2D eigenvalue weighted by molar-refractivity contribution is 0.360. The minimum atomic E-state index is -0.0416. The van der Waals surface area contributed by atoms with Crippen LogP contribution >= 0.6 is 0 Å². The van der Waals surface area contributed by atoms with Crippen molar-refractivity contribution < 1.29 is 4.74 Å². The fourth-order valence-corrected chi connectivity index (χ4v) is 2.23. The van der Waals surface area contributed by atoms with E-state index >= 15 is 0 Å². The number of aromatic nitrogens is 4. The van der Waals surface area contributed by atoms with Gasteiger partial charge in [0.2, 0.25) is 0 Å². The topological polar surface area (TPSA) is 68.1 Å². The highest BCUT2D eigenvalue weighted by molar-refractivity contribution is 5.35. The van der Waals surface area contributed by atoms with E-state index in [4.69, 9.17) is 4.74 Å². The number of nitrogens with zero attached hydrogens (tertiary/aromatic N) is 5. The van der Waals surface area contributed by atoms with E-state index in [1.54, 1.807) is 25.7 Å². The van der Waals surface area contributed by atoms with Gasteiger partial charge < -0.3 is 15.0 Å². The summed E-state index contributed by atoms with van der Waals surface area (Å²) in [5, 5.41) is 15.5. The van der Waals surface area contributed by atoms with Gasteiger partial charge in [-0.15, -0.1) is 0 Å². The first-order valence-electron chi connectivity index (χ1n) is 6.85. The number of ether oxygens (including phenoxy) is 1. The van der Waals surface area contributed by atoms with Gasteiger partial charge in [0.25, 0.3) is 0 Å². The third-order valence-corrected chi connectivity index (χ3v) is 3.33. The van der Waals surface area contributed by atoms with Crippen LogP contribution in [0.3, 0.4) is 0 Å². The summed E-state index contributed by atoms with van der Waals surface area (Å²) in [5.41, 5.74) is 2.02. The average Bonchev–Trinajstić information content (AvgIpc) is 2.90. The molecule has 2 aromatic heterocycles. The molecule has 0 spiro atoms. The third-order valence-electron chi connectivity index (χ3n) is 3.33. The van der Waals surface area contributed by atoms with Crippen LogP contribution in [0.25, 0.3) is 0 Å². The molecule has 1 N–H and O–H groups in total. The van der Waals surface area contributed by atoms with Crippen LogP contribution in [-0.2, 0) is 6.54 Å². The molecule has 114 valence electrons. The molecule has 0 radical (unpaired) electrons. The monoisotopic (exact) mass is 290 g/mol. The van der Waals surface area contributed by atoms with Gasteiger partial charge in [-0.3, -0.25) is 4.68 Å². The van der Waals surface area contributed by atoms with Crippen LogP contribution in [0.2, 0.25) is 0 Å². The molecule has 0 amide bonds. The summed E-state index contributed by atoms with van der Waals surface area (Å²) < 4.78 is 7.44. The summed E-state index contributed by atoms with van der Waals surface area (Å²) in [6.07, 6.45) is 5.19. The van der Waals surface area contributed by atoms with Crippen molar-refractivity contribution in [2.45, 2.75) is 12.6 Å². The molecule has 2 aromatic rings. The van der Waals surface area contributed by atoms with Gasteiger partial charge in [-0.1, -0.05) is 0 Å². The van der Waals surface area contributed by atoms with Gasteiger partial charge >= 0.3 is 0 Å². The van der Waals surface area contributed by atoms with E-state index in [0.717, 1.165) is 30.1 Å². The molecule has 0 aliphatic rings.